The summed E-state index contributed by atoms with van der Waals surface area (Å²) in [6, 6.07) is 35.4. The zero-order valence-electron chi connectivity index (χ0n) is 27.5. The van der Waals surface area contributed by atoms with Crippen LogP contribution in [0.5, 0.6) is 0 Å². The highest BCUT2D eigenvalue weighted by Crippen LogP contribution is 2.57. The summed E-state index contributed by atoms with van der Waals surface area (Å²) in [7, 11) is 0. The molecule has 0 unspecified atom stereocenters. The number of benzene rings is 5. The number of allylic oxidation sites excluding steroid dienone is 7. The van der Waals surface area contributed by atoms with Crippen molar-refractivity contribution in [3.8, 4) is 33.4 Å². The lowest BCUT2D eigenvalue weighted by atomic mass is 9.81. The van der Waals surface area contributed by atoms with Gasteiger partial charge in [-0.2, -0.15) is 0 Å². The molecule has 5 aromatic carbocycles. The summed E-state index contributed by atoms with van der Waals surface area (Å²) in [5.41, 5.74) is 15.6. The minimum atomic E-state index is 0.614. The molecule has 0 fully saturated rings. The average molecular weight is 643 g/mol. The molecule has 2 N–H and O–H groups in total. The number of nitrogens with zero attached hydrogens (tertiary/aromatic N) is 2. The van der Waals surface area contributed by atoms with Crippen molar-refractivity contribution in [2.24, 2.45) is 4.99 Å². The first kappa shape index (κ1) is 29.7. The quantitative estimate of drug-likeness (QED) is 0.134. The second-order valence-electron chi connectivity index (χ2n) is 12.8. The summed E-state index contributed by atoms with van der Waals surface area (Å²) < 4.78 is 0. The van der Waals surface area contributed by atoms with E-state index in [0.29, 0.717) is 6.54 Å². The van der Waals surface area contributed by atoms with Gasteiger partial charge in [-0.25, -0.2) is 0 Å². The highest BCUT2D eigenvalue weighted by Gasteiger charge is 2.32. The maximum Gasteiger partial charge on any atom is 0.0683 e. The van der Waals surface area contributed by atoms with Crippen LogP contribution in [0.4, 0.5) is 0 Å². The van der Waals surface area contributed by atoms with Crippen molar-refractivity contribution in [2.45, 2.75) is 12.8 Å². The number of rotatable bonds is 7. The predicted molar refractivity (Wildman–Crippen MR) is 211 cm³/mol. The van der Waals surface area contributed by atoms with E-state index in [1.807, 2.05) is 36.7 Å². The molecule has 0 bridgehead atoms. The molecule has 0 radical (unpaired) electrons. The Balaban J connectivity index is 1.19. The van der Waals surface area contributed by atoms with Gasteiger partial charge in [0.2, 0.25) is 0 Å². The van der Waals surface area contributed by atoms with E-state index in [0.717, 1.165) is 41.1 Å². The van der Waals surface area contributed by atoms with Gasteiger partial charge >= 0.3 is 0 Å². The van der Waals surface area contributed by atoms with Crippen LogP contribution >= 0.6 is 0 Å². The van der Waals surface area contributed by atoms with Crippen molar-refractivity contribution < 1.29 is 0 Å². The number of fused-ring (bicyclic) bond motifs is 4. The van der Waals surface area contributed by atoms with E-state index >= 15 is 0 Å². The fourth-order valence-electron chi connectivity index (χ4n) is 7.79. The van der Waals surface area contributed by atoms with Crippen molar-refractivity contribution in [1.29, 1.82) is 5.41 Å². The Labute approximate surface area is 291 Å². The fourth-order valence-corrected chi connectivity index (χ4v) is 7.79. The van der Waals surface area contributed by atoms with Gasteiger partial charge in [-0.1, -0.05) is 115 Å². The minimum absolute atomic E-state index is 0.614. The molecule has 0 saturated heterocycles. The molecule has 2 heterocycles. The largest absolute Gasteiger partial charge is 0.378 e. The van der Waals surface area contributed by atoms with E-state index < -0.39 is 0 Å². The average Bonchev–Trinajstić information content (AvgIpc) is 3.51. The monoisotopic (exact) mass is 642 g/mol. The van der Waals surface area contributed by atoms with E-state index in [9.17, 15) is 0 Å². The number of hydrogen-bond donors (Lipinski definition) is 2. The van der Waals surface area contributed by atoms with E-state index in [1.54, 1.807) is 6.08 Å². The van der Waals surface area contributed by atoms with Crippen LogP contribution in [0.3, 0.4) is 0 Å². The highest BCUT2D eigenvalue weighted by atomic mass is 15.0. The summed E-state index contributed by atoms with van der Waals surface area (Å²) in [6.07, 6.45) is 21.3. The molecule has 0 spiro atoms. The Morgan fingerprint density at radius 2 is 1.44 bits per heavy atom. The van der Waals surface area contributed by atoms with Gasteiger partial charge in [-0.05, 0) is 103 Å². The van der Waals surface area contributed by atoms with Crippen LogP contribution in [0.2, 0.25) is 0 Å². The van der Waals surface area contributed by atoms with Crippen LogP contribution in [0.15, 0.2) is 151 Å². The predicted octanol–water partition coefficient (Wildman–Crippen LogP) is 11.0. The third-order valence-electron chi connectivity index (χ3n) is 9.98. The number of hydrogen-bond acceptors (Lipinski definition) is 4. The molecule has 0 atom stereocenters. The SMILES string of the molecule is N=C/C=C\C=C\c1ccc(C2=NC=C(c3ccc4c5c(cccc35)-c3c-4c(C4=CC=CCC4)c4ccccc4c3-c3ccccc3)NC2)cn1. The van der Waals surface area contributed by atoms with Crippen LogP contribution in [0.1, 0.15) is 35.2 Å². The second-order valence-corrected chi connectivity index (χ2v) is 12.8. The number of aliphatic imine (C=N–C) groups is 1. The molecule has 6 aromatic rings. The van der Waals surface area contributed by atoms with Gasteiger partial charge in [0.15, 0.2) is 0 Å². The van der Waals surface area contributed by atoms with Gasteiger partial charge in [0, 0.05) is 23.5 Å². The lowest BCUT2D eigenvalue weighted by molar-refractivity contribution is 1.01. The summed E-state index contributed by atoms with van der Waals surface area (Å²) in [5.74, 6) is 0. The zero-order valence-corrected chi connectivity index (χ0v) is 27.5. The Hall–Kier alpha value is -6.39. The fraction of sp³-hybridized carbons (Fsp3) is 0.0652. The molecule has 0 amide bonds. The minimum Gasteiger partial charge on any atom is -0.378 e. The molecule has 50 heavy (non-hydrogen) atoms. The van der Waals surface area contributed by atoms with Crippen molar-refractivity contribution in [3.63, 3.8) is 0 Å². The molecule has 0 saturated carbocycles. The first-order chi connectivity index (χ1) is 24.8. The smallest absolute Gasteiger partial charge is 0.0683 e. The van der Waals surface area contributed by atoms with Crippen molar-refractivity contribution in [3.05, 3.63) is 168 Å². The summed E-state index contributed by atoms with van der Waals surface area (Å²) >= 11 is 0. The lowest BCUT2D eigenvalue weighted by Crippen LogP contribution is -2.25. The van der Waals surface area contributed by atoms with Gasteiger partial charge < -0.3 is 10.7 Å². The van der Waals surface area contributed by atoms with Gasteiger partial charge in [0.05, 0.1) is 29.8 Å². The lowest BCUT2D eigenvalue weighted by Gasteiger charge is -2.22. The molecule has 1 aliphatic heterocycles. The number of pyridine rings is 1. The van der Waals surface area contributed by atoms with Crippen molar-refractivity contribution in [2.75, 3.05) is 6.54 Å². The highest BCUT2D eigenvalue weighted by molar-refractivity contribution is 6.27. The molecular formula is C46H34N4. The third-order valence-corrected chi connectivity index (χ3v) is 9.98. The second kappa shape index (κ2) is 12.6. The molecule has 3 aliphatic rings. The summed E-state index contributed by atoms with van der Waals surface area (Å²) in [4.78, 5) is 9.52. The van der Waals surface area contributed by atoms with Crippen LogP contribution in [-0.2, 0) is 0 Å². The van der Waals surface area contributed by atoms with Crippen molar-refractivity contribution >= 4 is 50.8 Å². The topological polar surface area (TPSA) is 61.1 Å². The first-order valence-corrected chi connectivity index (χ1v) is 17.2. The molecule has 4 heteroatoms. The molecular weight excluding hydrogens is 609 g/mol. The van der Waals surface area contributed by atoms with Crippen LogP contribution < -0.4 is 5.32 Å². The van der Waals surface area contributed by atoms with Gasteiger partial charge in [0.1, 0.15) is 0 Å². The van der Waals surface area contributed by atoms with E-state index in [4.69, 9.17) is 10.4 Å². The van der Waals surface area contributed by atoms with E-state index in [-0.39, 0.29) is 0 Å². The molecule has 238 valence electrons. The Bertz CT molecular complexity index is 2530. The normalized spacial score (nSPS) is 14.9. The zero-order chi connectivity index (χ0) is 33.4. The number of nitrogens with one attached hydrogen (secondary N) is 2. The van der Waals surface area contributed by atoms with Gasteiger partial charge in [0.25, 0.3) is 0 Å². The maximum atomic E-state index is 7.10. The molecule has 9 rings (SSSR count). The maximum absolute atomic E-state index is 7.10. The van der Waals surface area contributed by atoms with E-state index in [2.05, 4.69) is 120 Å². The first-order valence-electron chi connectivity index (χ1n) is 17.2. The van der Waals surface area contributed by atoms with Gasteiger partial charge in [-0.3, -0.25) is 9.98 Å². The van der Waals surface area contributed by atoms with Crippen LogP contribution in [0, 0.1) is 5.41 Å². The molecule has 2 aliphatic carbocycles. The Morgan fingerprint density at radius 1 is 0.660 bits per heavy atom. The third kappa shape index (κ3) is 4.96. The summed E-state index contributed by atoms with van der Waals surface area (Å²) in [6.45, 7) is 0.614. The molecule has 4 nitrogen and oxygen atoms in total. The Morgan fingerprint density at radius 3 is 2.20 bits per heavy atom. The van der Waals surface area contributed by atoms with Gasteiger partial charge in [-0.15, -0.1) is 0 Å². The van der Waals surface area contributed by atoms with E-state index in [1.165, 1.54) is 72.3 Å². The van der Waals surface area contributed by atoms with Crippen molar-refractivity contribution in [1.82, 2.24) is 10.3 Å². The standard InChI is InChI=1S/C46H34N4/c47-26-11-3-8-17-33-23-22-32(27-48-33)40-28-50-41(29-49-40)34-24-25-39-44-35(34)20-12-21-38(44)45-42(30-13-4-1-5-14-30)36-18-9-10-19-37(36)43(46(39)45)31-15-6-2-7-16-31/h1-6,8-15,17-27,29,47,50H,7,16,28H2/b11-3-,17-8+,47-26?. The number of aromatic nitrogens is 1. The Kier molecular flexibility index (Phi) is 7.47. The summed E-state index contributed by atoms with van der Waals surface area (Å²) in [5, 5.41) is 15.9. The van der Waals surface area contributed by atoms with Crippen LogP contribution in [-0.4, -0.2) is 23.5 Å². The van der Waals surface area contributed by atoms with Crippen LogP contribution in [0.25, 0.3) is 72.3 Å². The molecule has 1 aromatic heterocycles.